The van der Waals surface area contributed by atoms with Crippen molar-refractivity contribution in [1.82, 2.24) is 9.78 Å². The van der Waals surface area contributed by atoms with Crippen LogP contribution in [0, 0.1) is 11.6 Å². The molecule has 162 valence electrons. The molecule has 7 nitrogen and oxygen atoms in total. The number of nitrogens with zero attached hydrogens (tertiary/aromatic N) is 2. The number of hydrogen-bond acceptors (Lipinski definition) is 5. The SMILES string of the molecule is COC(=O)c1cc(NC(=O)c2cc(-c3ccco3)n(-c3cccc(Cl)c3)n2)c(F)cc1F. The normalized spacial score (nSPS) is 10.8. The second-order valence-electron chi connectivity index (χ2n) is 6.54. The lowest BCUT2D eigenvalue weighted by Gasteiger charge is -2.08. The maximum Gasteiger partial charge on any atom is 0.340 e. The summed E-state index contributed by atoms with van der Waals surface area (Å²) in [7, 11) is 1.06. The van der Waals surface area contributed by atoms with Gasteiger partial charge in [0.05, 0.1) is 30.3 Å². The zero-order valence-corrected chi connectivity index (χ0v) is 17.2. The molecular weight excluding hydrogens is 444 g/mol. The highest BCUT2D eigenvalue weighted by Crippen LogP contribution is 2.27. The van der Waals surface area contributed by atoms with Crippen molar-refractivity contribution in [3.63, 3.8) is 0 Å². The van der Waals surface area contributed by atoms with Crippen molar-refractivity contribution in [2.24, 2.45) is 0 Å². The lowest BCUT2D eigenvalue weighted by Crippen LogP contribution is -2.16. The molecule has 0 aliphatic heterocycles. The fraction of sp³-hybridized carbons (Fsp3) is 0.0455. The van der Waals surface area contributed by atoms with E-state index in [-0.39, 0.29) is 5.69 Å². The number of furan rings is 1. The van der Waals surface area contributed by atoms with Gasteiger partial charge in [0, 0.05) is 17.2 Å². The van der Waals surface area contributed by atoms with Crippen LogP contribution in [0.15, 0.2) is 65.3 Å². The average molecular weight is 458 g/mol. The van der Waals surface area contributed by atoms with Gasteiger partial charge in [-0.3, -0.25) is 4.79 Å². The molecule has 2 aromatic carbocycles. The zero-order valence-electron chi connectivity index (χ0n) is 16.4. The van der Waals surface area contributed by atoms with Crippen molar-refractivity contribution in [1.29, 1.82) is 0 Å². The molecule has 32 heavy (non-hydrogen) atoms. The van der Waals surface area contributed by atoms with Gasteiger partial charge in [-0.05, 0) is 36.4 Å². The van der Waals surface area contributed by atoms with Gasteiger partial charge in [-0.1, -0.05) is 17.7 Å². The molecule has 0 radical (unpaired) electrons. The number of halogens is 3. The summed E-state index contributed by atoms with van der Waals surface area (Å²) in [5, 5.41) is 7.05. The Morgan fingerprint density at radius 3 is 2.59 bits per heavy atom. The van der Waals surface area contributed by atoms with Crippen molar-refractivity contribution in [3.05, 3.63) is 88.8 Å². The number of hydrogen-bond donors (Lipinski definition) is 1. The van der Waals surface area contributed by atoms with E-state index >= 15 is 0 Å². The largest absolute Gasteiger partial charge is 0.465 e. The van der Waals surface area contributed by atoms with E-state index in [0.29, 0.717) is 28.2 Å². The highest BCUT2D eigenvalue weighted by Gasteiger charge is 2.22. The van der Waals surface area contributed by atoms with Crippen LogP contribution < -0.4 is 5.32 Å². The maximum atomic E-state index is 14.2. The van der Waals surface area contributed by atoms with Crippen LogP contribution in [0.2, 0.25) is 5.02 Å². The number of methoxy groups -OCH3 is 1. The van der Waals surface area contributed by atoms with E-state index in [9.17, 15) is 18.4 Å². The molecule has 0 aliphatic carbocycles. The Morgan fingerprint density at radius 2 is 1.91 bits per heavy atom. The van der Waals surface area contributed by atoms with Gasteiger partial charge >= 0.3 is 5.97 Å². The molecule has 2 heterocycles. The highest BCUT2D eigenvalue weighted by atomic mass is 35.5. The number of carbonyl (C=O) groups is 2. The van der Waals surface area contributed by atoms with Crippen LogP contribution in [0.25, 0.3) is 17.1 Å². The van der Waals surface area contributed by atoms with E-state index in [4.69, 9.17) is 16.0 Å². The Morgan fingerprint density at radius 1 is 1.09 bits per heavy atom. The van der Waals surface area contributed by atoms with Crippen molar-refractivity contribution < 1.29 is 27.5 Å². The molecular formula is C22H14ClF2N3O4. The zero-order chi connectivity index (χ0) is 22.8. The van der Waals surface area contributed by atoms with E-state index in [1.807, 2.05) is 0 Å². The number of aromatic nitrogens is 2. The number of esters is 1. The van der Waals surface area contributed by atoms with Crippen molar-refractivity contribution in [2.45, 2.75) is 0 Å². The van der Waals surface area contributed by atoms with Gasteiger partial charge in [-0.15, -0.1) is 0 Å². The van der Waals surface area contributed by atoms with Gasteiger partial charge in [0.1, 0.15) is 17.3 Å². The molecule has 0 aliphatic rings. The average Bonchev–Trinajstić information content (AvgIpc) is 3.45. The third-order valence-electron chi connectivity index (χ3n) is 4.48. The number of amides is 1. The summed E-state index contributed by atoms with van der Waals surface area (Å²) in [5.41, 5.74) is -0.0144. The quantitative estimate of drug-likeness (QED) is 0.421. The molecule has 0 unspecified atom stereocenters. The fourth-order valence-corrected chi connectivity index (χ4v) is 3.18. The van der Waals surface area contributed by atoms with E-state index < -0.39 is 34.8 Å². The third kappa shape index (κ3) is 4.10. The van der Waals surface area contributed by atoms with Crippen LogP contribution in [-0.4, -0.2) is 28.8 Å². The second kappa shape index (κ2) is 8.64. The fourth-order valence-electron chi connectivity index (χ4n) is 2.99. The predicted molar refractivity (Wildman–Crippen MR) is 112 cm³/mol. The van der Waals surface area contributed by atoms with Gasteiger partial charge in [0.25, 0.3) is 5.91 Å². The van der Waals surface area contributed by atoms with Gasteiger partial charge < -0.3 is 14.5 Å². The van der Waals surface area contributed by atoms with E-state index in [0.717, 1.165) is 13.2 Å². The van der Waals surface area contributed by atoms with Gasteiger partial charge in [0.2, 0.25) is 0 Å². The summed E-state index contributed by atoms with van der Waals surface area (Å²) in [6.07, 6.45) is 1.46. The first kappa shape index (κ1) is 21.3. The Bertz CT molecular complexity index is 1320. The van der Waals surface area contributed by atoms with Crippen LogP contribution in [0.4, 0.5) is 14.5 Å². The number of carbonyl (C=O) groups excluding carboxylic acids is 2. The first-order valence-electron chi connectivity index (χ1n) is 9.16. The van der Waals surface area contributed by atoms with Crippen LogP contribution >= 0.6 is 11.6 Å². The Kier molecular flexibility index (Phi) is 5.74. The molecule has 0 saturated carbocycles. The molecule has 0 spiro atoms. The molecule has 2 aromatic heterocycles. The number of benzene rings is 2. The lowest BCUT2D eigenvalue weighted by atomic mass is 10.1. The summed E-state index contributed by atoms with van der Waals surface area (Å²) >= 11 is 6.08. The summed E-state index contributed by atoms with van der Waals surface area (Å²) in [6, 6.07) is 12.9. The maximum absolute atomic E-state index is 14.2. The minimum Gasteiger partial charge on any atom is -0.465 e. The van der Waals surface area contributed by atoms with E-state index in [1.54, 1.807) is 36.4 Å². The molecule has 10 heteroatoms. The topological polar surface area (TPSA) is 86.4 Å². The number of nitrogens with one attached hydrogen (secondary N) is 1. The molecule has 0 atom stereocenters. The smallest absolute Gasteiger partial charge is 0.340 e. The van der Waals surface area contributed by atoms with Crippen LogP contribution in [0.3, 0.4) is 0 Å². The Labute approximate surface area is 185 Å². The molecule has 1 N–H and O–H groups in total. The van der Waals surface area contributed by atoms with Crippen LogP contribution in [-0.2, 0) is 4.74 Å². The highest BCUT2D eigenvalue weighted by molar-refractivity contribution is 6.30. The van der Waals surface area contributed by atoms with Crippen molar-refractivity contribution in [3.8, 4) is 17.1 Å². The third-order valence-corrected chi connectivity index (χ3v) is 4.71. The van der Waals surface area contributed by atoms with Gasteiger partial charge in [0.15, 0.2) is 11.5 Å². The summed E-state index contributed by atoms with van der Waals surface area (Å²) < 4.78 is 39.4. The van der Waals surface area contributed by atoms with Crippen LogP contribution in [0.1, 0.15) is 20.8 Å². The minimum atomic E-state index is -1.11. The van der Waals surface area contributed by atoms with E-state index in [2.05, 4.69) is 15.2 Å². The Balaban J connectivity index is 1.73. The van der Waals surface area contributed by atoms with Crippen molar-refractivity contribution in [2.75, 3.05) is 12.4 Å². The molecule has 0 fully saturated rings. The molecule has 4 aromatic rings. The lowest BCUT2D eigenvalue weighted by molar-refractivity contribution is 0.0595. The second-order valence-corrected chi connectivity index (χ2v) is 6.98. The predicted octanol–water partition coefficient (Wildman–Crippen LogP) is 5.10. The molecule has 1 amide bonds. The number of rotatable bonds is 5. The summed E-state index contributed by atoms with van der Waals surface area (Å²) in [4.78, 5) is 24.5. The Hall–Kier alpha value is -3.98. The van der Waals surface area contributed by atoms with Gasteiger partial charge in [-0.2, -0.15) is 5.10 Å². The standard InChI is InChI=1S/C22H14ClF2N3O4/c1-31-22(30)14-9-17(16(25)10-15(14)24)26-21(29)18-11-19(20-6-3-7-32-20)28(27-18)13-5-2-4-12(23)8-13/h2-11H,1H3,(H,26,29). The molecule has 0 saturated heterocycles. The van der Waals surface area contributed by atoms with Gasteiger partial charge in [-0.25, -0.2) is 18.3 Å². The summed E-state index contributed by atoms with van der Waals surface area (Å²) in [5.74, 6) is -3.55. The number of ether oxygens (including phenoxy) is 1. The first-order valence-corrected chi connectivity index (χ1v) is 9.53. The first-order chi connectivity index (χ1) is 15.4. The molecule has 4 rings (SSSR count). The summed E-state index contributed by atoms with van der Waals surface area (Å²) in [6.45, 7) is 0. The van der Waals surface area contributed by atoms with Crippen molar-refractivity contribution >= 4 is 29.2 Å². The molecule has 0 bridgehead atoms. The monoisotopic (exact) mass is 457 g/mol. The van der Waals surface area contributed by atoms with E-state index in [1.165, 1.54) is 17.0 Å². The van der Waals surface area contributed by atoms with Crippen LogP contribution in [0.5, 0.6) is 0 Å². The minimum absolute atomic E-state index is 0.0836. The number of anilines is 1.